The summed E-state index contributed by atoms with van der Waals surface area (Å²) in [5.41, 5.74) is 0.193. The van der Waals surface area contributed by atoms with Gasteiger partial charge >= 0.3 is 5.97 Å². The number of likely N-dealkylation sites (N-methyl/N-ethyl adjacent to an activating group) is 1. The molecule has 0 amide bonds. The van der Waals surface area contributed by atoms with Gasteiger partial charge in [0.25, 0.3) is 0 Å². The summed E-state index contributed by atoms with van der Waals surface area (Å²) >= 11 is 0. The average Bonchev–Trinajstić information content (AvgIpc) is 3.05. The Morgan fingerprint density at radius 3 is 3.00 bits per heavy atom. The Bertz CT molecular complexity index is 980. The van der Waals surface area contributed by atoms with Crippen molar-refractivity contribution < 1.29 is 24.5 Å². The van der Waals surface area contributed by atoms with Crippen LogP contribution >= 0.6 is 0 Å². The second-order valence-electron chi connectivity index (χ2n) is 8.41. The van der Waals surface area contributed by atoms with E-state index in [1.54, 1.807) is 24.3 Å². The van der Waals surface area contributed by atoms with Crippen molar-refractivity contribution in [2.45, 2.75) is 49.3 Å². The lowest BCUT2D eigenvalue weighted by Gasteiger charge is -2.61. The summed E-state index contributed by atoms with van der Waals surface area (Å²) in [6.45, 7) is 2.66. The Hall–Kier alpha value is -2.57. The van der Waals surface area contributed by atoms with Crippen LogP contribution in [0, 0.1) is 0 Å². The van der Waals surface area contributed by atoms with Crippen molar-refractivity contribution >= 4 is 5.97 Å². The lowest BCUT2D eigenvalue weighted by Crippen LogP contribution is -2.74. The van der Waals surface area contributed by atoms with Gasteiger partial charge in [0.2, 0.25) is 0 Å². The number of likely N-dealkylation sites (tertiary alicyclic amines) is 1. The van der Waals surface area contributed by atoms with Crippen molar-refractivity contribution in [2.75, 3.05) is 13.6 Å². The molecule has 4 aliphatic rings. The predicted molar refractivity (Wildman–Crippen MR) is 107 cm³/mol. The minimum atomic E-state index is -1.05. The van der Waals surface area contributed by atoms with Crippen LogP contribution in [-0.4, -0.2) is 52.4 Å². The first kappa shape index (κ1) is 18.5. The first-order valence-corrected chi connectivity index (χ1v) is 10.1. The molecular weight excluding hydrogens is 370 g/mol. The number of hydrogen-bond donors (Lipinski definition) is 2. The maximum absolute atomic E-state index is 12.3. The second kappa shape index (κ2) is 6.21. The minimum Gasteiger partial charge on any atom is -0.504 e. The van der Waals surface area contributed by atoms with Crippen LogP contribution in [0.5, 0.6) is 11.5 Å². The lowest BCUT2D eigenvalue weighted by atomic mass is 9.50. The van der Waals surface area contributed by atoms with Crippen LogP contribution in [-0.2, 0) is 21.4 Å². The van der Waals surface area contributed by atoms with E-state index in [1.165, 1.54) is 6.08 Å². The lowest BCUT2D eigenvalue weighted by molar-refractivity contribution is -0.168. The Labute approximate surface area is 169 Å². The fourth-order valence-corrected chi connectivity index (χ4v) is 5.83. The third-order valence-electron chi connectivity index (χ3n) is 7.11. The Kier molecular flexibility index (Phi) is 3.95. The number of aliphatic hydroxyl groups is 1. The van der Waals surface area contributed by atoms with E-state index in [1.807, 2.05) is 26.1 Å². The Morgan fingerprint density at radius 2 is 2.21 bits per heavy atom. The van der Waals surface area contributed by atoms with E-state index >= 15 is 0 Å². The normalized spacial score (nSPS) is 34.8. The van der Waals surface area contributed by atoms with E-state index in [4.69, 9.17) is 9.47 Å². The van der Waals surface area contributed by atoms with Crippen molar-refractivity contribution in [1.29, 1.82) is 0 Å². The molecule has 0 saturated carbocycles. The van der Waals surface area contributed by atoms with Crippen LogP contribution < -0.4 is 4.74 Å². The van der Waals surface area contributed by atoms with Gasteiger partial charge in [0.05, 0.1) is 11.0 Å². The maximum Gasteiger partial charge on any atom is 0.335 e. The van der Waals surface area contributed by atoms with Crippen molar-refractivity contribution in [3.63, 3.8) is 0 Å². The summed E-state index contributed by atoms with van der Waals surface area (Å²) in [5.74, 6) is 0.408. The molecular formula is C23H25NO5. The van der Waals surface area contributed by atoms with Crippen molar-refractivity contribution in [3.05, 3.63) is 59.4 Å². The molecule has 2 aliphatic heterocycles. The van der Waals surface area contributed by atoms with Gasteiger partial charge < -0.3 is 24.6 Å². The predicted octanol–water partition coefficient (Wildman–Crippen LogP) is 2.35. The second-order valence-corrected chi connectivity index (χ2v) is 8.41. The van der Waals surface area contributed by atoms with Gasteiger partial charge in [-0.1, -0.05) is 24.3 Å². The minimum absolute atomic E-state index is 0.0610. The number of hydrogen-bond acceptors (Lipinski definition) is 6. The van der Waals surface area contributed by atoms with Gasteiger partial charge in [-0.2, -0.15) is 0 Å². The molecule has 4 atom stereocenters. The fourth-order valence-electron chi connectivity index (χ4n) is 5.83. The average molecular weight is 395 g/mol. The third-order valence-corrected chi connectivity index (χ3v) is 7.11. The number of benzene rings is 1. The molecule has 152 valence electrons. The summed E-state index contributed by atoms with van der Waals surface area (Å²) in [6.07, 6.45) is 9.44. The molecule has 1 spiro atoms. The molecule has 1 aromatic carbocycles. The molecule has 5 rings (SSSR count). The summed E-state index contributed by atoms with van der Waals surface area (Å²) in [4.78, 5) is 14.5. The number of carbonyl (C=O) groups excluding carboxylic acids is 1. The van der Waals surface area contributed by atoms with E-state index in [9.17, 15) is 15.0 Å². The number of allylic oxidation sites excluding steroid dienone is 3. The molecule has 29 heavy (non-hydrogen) atoms. The largest absolute Gasteiger partial charge is 0.504 e. The molecule has 0 radical (unpaired) electrons. The molecule has 2 aliphatic carbocycles. The highest BCUT2D eigenvalue weighted by molar-refractivity contribution is 5.83. The zero-order chi connectivity index (χ0) is 20.4. The highest BCUT2D eigenvalue weighted by Gasteiger charge is 2.72. The summed E-state index contributed by atoms with van der Waals surface area (Å²) in [6, 6.07) is 3.52. The zero-order valence-electron chi connectivity index (χ0n) is 16.6. The zero-order valence-corrected chi connectivity index (χ0v) is 16.6. The quantitative estimate of drug-likeness (QED) is 0.465. The summed E-state index contributed by atoms with van der Waals surface area (Å²) in [5, 5.41) is 22.5. The van der Waals surface area contributed by atoms with Gasteiger partial charge in [0, 0.05) is 24.1 Å². The first-order chi connectivity index (χ1) is 13.9. The van der Waals surface area contributed by atoms with Crippen LogP contribution in [0.25, 0.3) is 0 Å². The topological polar surface area (TPSA) is 79.2 Å². The Morgan fingerprint density at radius 1 is 1.38 bits per heavy atom. The molecule has 6 nitrogen and oxygen atoms in total. The van der Waals surface area contributed by atoms with Gasteiger partial charge in [-0.05, 0) is 51.1 Å². The first-order valence-electron chi connectivity index (χ1n) is 10.1. The molecule has 2 N–H and O–H groups in total. The van der Waals surface area contributed by atoms with E-state index in [0.29, 0.717) is 30.8 Å². The standard InChI is InChI=1S/C23H25NO5/c1-3-4-5-6-18(26)28-16-9-10-23(27)17-13-14-7-8-15(25)20-19(14)22(23,21(16)29-20)11-12-24(17)2/h3-9,17,21,25,27H,10-13H2,1-2H3/b4-3+,6-5+/t17-,21+,22+,23-/m1/s1. The third kappa shape index (κ3) is 2.27. The van der Waals surface area contributed by atoms with Gasteiger partial charge in [0.1, 0.15) is 5.76 Å². The van der Waals surface area contributed by atoms with E-state index in [-0.39, 0.29) is 11.8 Å². The van der Waals surface area contributed by atoms with Crippen LogP contribution in [0.4, 0.5) is 0 Å². The van der Waals surface area contributed by atoms with Gasteiger partial charge in [-0.25, -0.2) is 4.79 Å². The van der Waals surface area contributed by atoms with Crippen molar-refractivity contribution in [2.24, 2.45) is 0 Å². The molecule has 2 bridgehead atoms. The molecule has 0 unspecified atom stereocenters. The number of aromatic hydroxyl groups is 1. The van der Waals surface area contributed by atoms with E-state index in [0.717, 1.165) is 17.7 Å². The van der Waals surface area contributed by atoms with Crippen LogP contribution in [0.3, 0.4) is 0 Å². The van der Waals surface area contributed by atoms with Gasteiger partial charge in [-0.3, -0.25) is 0 Å². The molecule has 1 saturated heterocycles. The number of ether oxygens (including phenoxy) is 2. The molecule has 6 heteroatoms. The number of esters is 1. The maximum atomic E-state index is 12.3. The van der Waals surface area contributed by atoms with Crippen LogP contribution in [0.2, 0.25) is 0 Å². The number of phenolic OH excluding ortho intramolecular Hbond substituents is 1. The van der Waals surface area contributed by atoms with Crippen molar-refractivity contribution in [1.82, 2.24) is 4.90 Å². The highest BCUT2D eigenvalue weighted by atomic mass is 16.6. The van der Waals surface area contributed by atoms with E-state index in [2.05, 4.69) is 4.90 Å². The molecule has 1 fully saturated rings. The number of rotatable bonds is 3. The highest BCUT2D eigenvalue weighted by Crippen LogP contribution is 2.65. The number of nitrogens with zero attached hydrogens (tertiary/aromatic N) is 1. The van der Waals surface area contributed by atoms with Crippen LogP contribution in [0.15, 0.2) is 48.3 Å². The smallest absolute Gasteiger partial charge is 0.335 e. The fraction of sp³-hybridized carbons (Fsp3) is 0.435. The molecule has 0 aromatic heterocycles. The number of phenols is 1. The molecule has 2 heterocycles. The molecule has 1 aromatic rings. The number of carbonyl (C=O) groups is 1. The van der Waals surface area contributed by atoms with Crippen LogP contribution in [0.1, 0.15) is 30.9 Å². The summed E-state index contributed by atoms with van der Waals surface area (Å²) in [7, 11) is 2.04. The van der Waals surface area contributed by atoms with Gasteiger partial charge in [-0.15, -0.1) is 0 Å². The monoisotopic (exact) mass is 395 g/mol. The Balaban J connectivity index is 1.63. The van der Waals surface area contributed by atoms with Gasteiger partial charge in [0.15, 0.2) is 17.6 Å². The summed E-state index contributed by atoms with van der Waals surface area (Å²) < 4.78 is 11.9. The number of piperidine rings is 1. The SMILES string of the molecule is C/C=C/C=C/C(=O)OC1=CC[C@@]2(O)[C@H]3Cc4ccc(O)c5c4[C@@]2(CCN3C)[C@H]1O5. The van der Waals surface area contributed by atoms with E-state index < -0.39 is 23.1 Å². The van der Waals surface area contributed by atoms with Crippen molar-refractivity contribution in [3.8, 4) is 11.5 Å².